The minimum atomic E-state index is 0.0623. The molecule has 4 nitrogen and oxygen atoms in total. The van der Waals surface area contributed by atoms with Crippen LogP contribution >= 0.6 is 0 Å². The first-order valence-electron chi connectivity index (χ1n) is 6.06. The summed E-state index contributed by atoms with van der Waals surface area (Å²) in [6, 6.07) is 0.486. The summed E-state index contributed by atoms with van der Waals surface area (Å²) in [7, 11) is 1.95. The van der Waals surface area contributed by atoms with Crippen LogP contribution in [-0.2, 0) is 4.79 Å². The highest BCUT2D eigenvalue weighted by atomic mass is 16.2. The summed E-state index contributed by atoms with van der Waals surface area (Å²) in [5.41, 5.74) is 5.63. The first-order chi connectivity index (χ1) is 7.36. The number of hydrogen-bond acceptors (Lipinski definition) is 3. The molecule has 0 saturated carbocycles. The summed E-state index contributed by atoms with van der Waals surface area (Å²) in [4.78, 5) is 13.7. The van der Waals surface area contributed by atoms with Crippen LogP contribution in [0.1, 0.15) is 34.1 Å². The molecule has 0 spiro atoms. The number of hydrogen-bond donors (Lipinski definition) is 2. The van der Waals surface area contributed by atoms with Crippen molar-refractivity contribution in [3.05, 3.63) is 0 Å². The van der Waals surface area contributed by atoms with Crippen molar-refractivity contribution >= 4 is 5.91 Å². The highest BCUT2D eigenvalue weighted by Crippen LogP contribution is 2.03. The van der Waals surface area contributed by atoms with Crippen molar-refractivity contribution < 1.29 is 4.79 Å². The Labute approximate surface area is 99.6 Å². The second-order valence-corrected chi connectivity index (χ2v) is 5.14. The quantitative estimate of drug-likeness (QED) is 0.679. The van der Waals surface area contributed by atoms with Gasteiger partial charge in [0.05, 0.1) is 6.54 Å². The number of rotatable bonds is 7. The number of nitrogens with one attached hydrogen (secondary N) is 1. The van der Waals surface area contributed by atoms with Crippen molar-refractivity contribution in [2.45, 2.75) is 46.2 Å². The Hall–Kier alpha value is -0.610. The fraction of sp³-hybridized carbons (Fsp3) is 0.917. The molecule has 0 fully saturated rings. The van der Waals surface area contributed by atoms with Gasteiger partial charge < -0.3 is 11.1 Å². The van der Waals surface area contributed by atoms with Gasteiger partial charge in [-0.2, -0.15) is 0 Å². The number of nitrogens with zero attached hydrogens (tertiary/aromatic N) is 1. The van der Waals surface area contributed by atoms with Gasteiger partial charge in [-0.1, -0.05) is 13.8 Å². The van der Waals surface area contributed by atoms with E-state index in [9.17, 15) is 4.79 Å². The van der Waals surface area contributed by atoms with Crippen molar-refractivity contribution in [2.75, 3.05) is 20.1 Å². The summed E-state index contributed by atoms with van der Waals surface area (Å²) < 4.78 is 0. The molecule has 0 radical (unpaired) electrons. The standard InChI is InChI=1S/C12H27N3O/c1-9(2)6-11(7-13)14-12(16)8-15(5)10(3)4/h9-11H,6-8,13H2,1-5H3,(H,14,16). The Morgan fingerprint density at radius 2 is 1.88 bits per heavy atom. The highest BCUT2D eigenvalue weighted by molar-refractivity contribution is 5.78. The second-order valence-electron chi connectivity index (χ2n) is 5.14. The number of carbonyl (C=O) groups is 1. The zero-order valence-electron chi connectivity index (χ0n) is 11.3. The van der Waals surface area contributed by atoms with E-state index in [2.05, 4.69) is 33.0 Å². The van der Waals surface area contributed by atoms with Gasteiger partial charge in [-0.25, -0.2) is 0 Å². The molecule has 0 aliphatic carbocycles. The van der Waals surface area contributed by atoms with Crippen molar-refractivity contribution in [1.29, 1.82) is 0 Å². The van der Waals surface area contributed by atoms with Crippen LogP contribution in [0, 0.1) is 5.92 Å². The van der Waals surface area contributed by atoms with Crippen LogP contribution in [0.4, 0.5) is 0 Å². The topological polar surface area (TPSA) is 58.4 Å². The van der Waals surface area contributed by atoms with Crippen molar-refractivity contribution in [3.63, 3.8) is 0 Å². The molecule has 0 saturated heterocycles. The maximum atomic E-state index is 11.7. The molecule has 0 bridgehead atoms. The normalized spacial score (nSPS) is 13.6. The van der Waals surface area contributed by atoms with E-state index in [0.29, 0.717) is 25.0 Å². The first kappa shape index (κ1) is 15.4. The van der Waals surface area contributed by atoms with Gasteiger partial charge in [0.25, 0.3) is 0 Å². The molecular weight excluding hydrogens is 202 g/mol. The Bertz CT molecular complexity index is 204. The highest BCUT2D eigenvalue weighted by Gasteiger charge is 2.14. The molecule has 0 aliphatic rings. The molecular formula is C12H27N3O. The molecule has 0 aromatic carbocycles. The molecule has 1 atom stereocenters. The van der Waals surface area contributed by atoms with Crippen molar-refractivity contribution in [3.8, 4) is 0 Å². The number of likely N-dealkylation sites (N-methyl/N-ethyl adjacent to an activating group) is 1. The minimum Gasteiger partial charge on any atom is -0.351 e. The Kier molecular flexibility index (Phi) is 7.34. The van der Waals surface area contributed by atoms with Crippen LogP contribution in [0.5, 0.6) is 0 Å². The van der Waals surface area contributed by atoms with Gasteiger partial charge in [0.2, 0.25) is 5.91 Å². The molecule has 0 aliphatic heterocycles. The fourth-order valence-electron chi connectivity index (χ4n) is 1.47. The van der Waals surface area contributed by atoms with E-state index in [0.717, 1.165) is 6.42 Å². The third-order valence-electron chi connectivity index (χ3n) is 2.68. The van der Waals surface area contributed by atoms with Crippen LogP contribution in [-0.4, -0.2) is 43.0 Å². The summed E-state index contributed by atoms with van der Waals surface area (Å²) in [5.74, 6) is 0.615. The molecule has 16 heavy (non-hydrogen) atoms. The lowest BCUT2D eigenvalue weighted by molar-refractivity contribution is -0.123. The number of nitrogens with two attached hydrogens (primary N) is 1. The van der Waals surface area contributed by atoms with Crippen molar-refractivity contribution in [2.24, 2.45) is 11.7 Å². The van der Waals surface area contributed by atoms with Gasteiger partial charge in [0, 0.05) is 18.6 Å². The molecule has 0 aromatic rings. The average molecular weight is 229 g/mol. The Morgan fingerprint density at radius 1 is 1.31 bits per heavy atom. The minimum absolute atomic E-state index is 0.0623. The van der Waals surface area contributed by atoms with Gasteiger partial charge in [-0.05, 0) is 33.2 Å². The van der Waals surface area contributed by atoms with Gasteiger partial charge in [-0.3, -0.25) is 9.69 Å². The smallest absolute Gasteiger partial charge is 0.234 e. The lowest BCUT2D eigenvalue weighted by Gasteiger charge is -2.23. The van der Waals surface area contributed by atoms with E-state index in [-0.39, 0.29) is 11.9 Å². The van der Waals surface area contributed by atoms with Crippen LogP contribution < -0.4 is 11.1 Å². The van der Waals surface area contributed by atoms with Gasteiger partial charge in [0.15, 0.2) is 0 Å². The lowest BCUT2D eigenvalue weighted by Crippen LogP contribution is -2.46. The van der Waals surface area contributed by atoms with E-state index in [1.54, 1.807) is 0 Å². The summed E-state index contributed by atoms with van der Waals surface area (Å²) >= 11 is 0. The van der Waals surface area contributed by atoms with E-state index in [4.69, 9.17) is 5.73 Å². The van der Waals surface area contributed by atoms with Crippen LogP contribution in [0.2, 0.25) is 0 Å². The van der Waals surface area contributed by atoms with Crippen LogP contribution in [0.25, 0.3) is 0 Å². The molecule has 0 rings (SSSR count). The number of carbonyl (C=O) groups excluding carboxylic acids is 1. The zero-order chi connectivity index (χ0) is 12.7. The van der Waals surface area contributed by atoms with Crippen LogP contribution in [0.3, 0.4) is 0 Å². The summed E-state index contributed by atoms with van der Waals surface area (Å²) in [5, 5.41) is 2.98. The molecule has 96 valence electrons. The molecule has 3 N–H and O–H groups in total. The van der Waals surface area contributed by atoms with E-state index in [1.807, 2.05) is 11.9 Å². The maximum absolute atomic E-state index is 11.7. The largest absolute Gasteiger partial charge is 0.351 e. The third-order valence-corrected chi connectivity index (χ3v) is 2.68. The molecule has 4 heteroatoms. The summed E-state index contributed by atoms with van der Waals surface area (Å²) in [6.07, 6.45) is 0.938. The summed E-state index contributed by atoms with van der Waals surface area (Å²) in [6.45, 7) is 9.36. The van der Waals surface area contributed by atoms with Crippen LogP contribution in [0.15, 0.2) is 0 Å². The Balaban J connectivity index is 4.01. The SMILES string of the molecule is CC(C)CC(CN)NC(=O)CN(C)C(C)C. The zero-order valence-corrected chi connectivity index (χ0v) is 11.3. The first-order valence-corrected chi connectivity index (χ1v) is 6.06. The second kappa shape index (κ2) is 7.63. The molecule has 1 amide bonds. The Morgan fingerprint density at radius 3 is 2.25 bits per heavy atom. The van der Waals surface area contributed by atoms with Crippen molar-refractivity contribution in [1.82, 2.24) is 10.2 Å². The van der Waals surface area contributed by atoms with Gasteiger partial charge in [-0.15, -0.1) is 0 Å². The van der Waals surface area contributed by atoms with E-state index < -0.39 is 0 Å². The van der Waals surface area contributed by atoms with E-state index in [1.165, 1.54) is 0 Å². The van der Waals surface area contributed by atoms with Gasteiger partial charge >= 0.3 is 0 Å². The fourth-order valence-corrected chi connectivity index (χ4v) is 1.47. The predicted molar refractivity (Wildman–Crippen MR) is 68.2 cm³/mol. The maximum Gasteiger partial charge on any atom is 0.234 e. The average Bonchev–Trinajstić information content (AvgIpc) is 2.15. The predicted octanol–water partition coefficient (Wildman–Crippen LogP) is 0.816. The monoisotopic (exact) mass is 229 g/mol. The van der Waals surface area contributed by atoms with Gasteiger partial charge in [0.1, 0.15) is 0 Å². The number of amides is 1. The third kappa shape index (κ3) is 6.80. The lowest BCUT2D eigenvalue weighted by atomic mass is 10.0. The molecule has 0 heterocycles. The van der Waals surface area contributed by atoms with E-state index >= 15 is 0 Å². The molecule has 0 aromatic heterocycles. The molecule has 1 unspecified atom stereocenters.